The lowest BCUT2D eigenvalue weighted by molar-refractivity contribution is 0.197. The minimum absolute atomic E-state index is 0.514. The van der Waals surface area contributed by atoms with Crippen molar-refractivity contribution in [3.05, 3.63) is 27.7 Å². The molecule has 1 fully saturated rings. The summed E-state index contributed by atoms with van der Waals surface area (Å²) in [5, 5.41) is 3.72. The van der Waals surface area contributed by atoms with E-state index in [2.05, 4.69) is 66.1 Å². The Kier molecular flexibility index (Phi) is 4.91. The lowest BCUT2D eigenvalue weighted by atomic mass is 9.91. The number of piperidine rings is 1. The van der Waals surface area contributed by atoms with Gasteiger partial charge in [-0.15, -0.1) is 0 Å². The summed E-state index contributed by atoms with van der Waals surface area (Å²) in [5.74, 6) is 0.742. The molecule has 0 amide bonds. The van der Waals surface area contributed by atoms with Crippen molar-refractivity contribution in [3.8, 4) is 0 Å². The van der Waals surface area contributed by atoms with Crippen molar-refractivity contribution in [1.29, 1.82) is 0 Å². The zero-order chi connectivity index (χ0) is 14.0. The van der Waals surface area contributed by atoms with E-state index in [-0.39, 0.29) is 0 Å². The van der Waals surface area contributed by atoms with Gasteiger partial charge in [0.15, 0.2) is 0 Å². The first kappa shape index (κ1) is 14.9. The number of halogens is 1. The van der Waals surface area contributed by atoms with E-state index in [0.717, 1.165) is 5.92 Å². The highest BCUT2D eigenvalue weighted by Crippen LogP contribution is 2.30. The van der Waals surface area contributed by atoms with E-state index in [1.165, 1.54) is 47.2 Å². The van der Waals surface area contributed by atoms with Crippen LogP contribution in [0, 0.1) is 19.8 Å². The number of rotatable bonds is 3. The summed E-state index contributed by atoms with van der Waals surface area (Å²) in [6, 6.07) is 4.95. The number of anilines is 1. The van der Waals surface area contributed by atoms with E-state index in [4.69, 9.17) is 0 Å². The molecule has 1 saturated heterocycles. The Morgan fingerprint density at radius 1 is 1.37 bits per heavy atom. The standard InChI is InChI=1S/C16H25BrN2/c1-11-8-12(2)16(15(17)9-11)18-13(3)14-6-5-7-19(4)10-14/h8-9,13-14,18H,5-7,10H2,1-4H3. The maximum atomic E-state index is 3.72. The van der Waals surface area contributed by atoms with E-state index >= 15 is 0 Å². The van der Waals surface area contributed by atoms with Crippen LogP contribution in [-0.2, 0) is 0 Å². The average molecular weight is 325 g/mol. The fraction of sp³-hybridized carbons (Fsp3) is 0.625. The van der Waals surface area contributed by atoms with Gasteiger partial charge in [0.05, 0.1) is 5.69 Å². The van der Waals surface area contributed by atoms with Gasteiger partial charge in [-0.05, 0) is 86.2 Å². The molecule has 1 aromatic rings. The van der Waals surface area contributed by atoms with Gasteiger partial charge in [-0.3, -0.25) is 0 Å². The fourth-order valence-corrected chi connectivity index (χ4v) is 3.85. The van der Waals surface area contributed by atoms with E-state index < -0.39 is 0 Å². The fourth-order valence-electron chi connectivity index (χ4n) is 3.06. The lowest BCUT2D eigenvalue weighted by Crippen LogP contribution is -2.40. The summed E-state index contributed by atoms with van der Waals surface area (Å²) in [6.07, 6.45) is 2.66. The first-order valence-corrected chi connectivity index (χ1v) is 7.98. The summed E-state index contributed by atoms with van der Waals surface area (Å²) in [4.78, 5) is 2.45. The summed E-state index contributed by atoms with van der Waals surface area (Å²) in [5.41, 5.74) is 3.88. The monoisotopic (exact) mass is 324 g/mol. The number of benzene rings is 1. The molecule has 1 aliphatic rings. The summed E-state index contributed by atoms with van der Waals surface area (Å²) < 4.78 is 1.18. The van der Waals surface area contributed by atoms with Crippen LogP contribution in [0.2, 0.25) is 0 Å². The highest BCUT2D eigenvalue weighted by Gasteiger charge is 2.23. The Morgan fingerprint density at radius 3 is 2.74 bits per heavy atom. The Morgan fingerprint density at radius 2 is 2.11 bits per heavy atom. The zero-order valence-electron chi connectivity index (χ0n) is 12.5. The second-order valence-corrected chi connectivity index (χ2v) is 6.89. The third-order valence-corrected chi connectivity index (χ3v) is 4.80. The van der Waals surface area contributed by atoms with Gasteiger partial charge in [0, 0.05) is 17.1 Å². The average Bonchev–Trinajstić information content (AvgIpc) is 2.33. The molecule has 1 aromatic carbocycles. The third kappa shape index (κ3) is 3.73. The van der Waals surface area contributed by atoms with Gasteiger partial charge in [-0.2, -0.15) is 0 Å². The Labute approximate surface area is 125 Å². The van der Waals surface area contributed by atoms with Gasteiger partial charge in [0.1, 0.15) is 0 Å². The lowest BCUT2D eigenvalue weighted by Gasteiger charge is -2.34. The minimum atomic E-state index is 0.514. The minimum Gasteiger partial charge on any atom is -0.381 e. The molecule has 0 spiro atoms. The van der Waals surface area contributed by atoms with Crippen LogP contribution < -0.4 is 5.32 Å². The quantitative estimate of drug-likeness (QED) is 0.896. The van der Waals surface area contributed by atoms with Gasteiger partial charge in [0.25, 0.3) is 0 Å². The van der Waals surface area contributed by atoms with E-state index in [1.54, 1.807) is 0 Å². The molecule has 2 nitrogen and oxygen atoms in total. The molecule has 0 radical (unpaired) electrons. The predicted molar refractivity (Wildman–Crippen MR) is 86.9 cm³/mol. The van der Waals surface area contributed by atoms with Crippen molar-refractivity contribution in [2.24, 2.45) is 5.92 Å². The largest absolute Gasteiger partial charge is 0.381 e. The number of hydrogen-bond acceptors (Lipinski definition) is 2. The molecule has 1 aliphatic heterocycles. The van der Waals surface area contributed by atoms with Crippen LogP contribution >= 0.6 is 15.9 Å². The summed E-state index contributed by atoms with van der Waals surface area (Å²) in [7, 11) is 2.23. The van der Waals surface area contributed by atoms with Crippen molar-refractivity contribution in [2.75, 3.05) is 25.5 Å². The molecule has 0 saturated carbocycles. The zero-order valence-corrected chi connectivity index (χ0v) is 14.0. The Hall–Kier alpha value is -0.540. The predicted octanol–water partition coefficient (Wildman–Crippen LogP) is 4.21. The first-order valence-electron chi connectivity index (χ1n) is 7.19. The number of nitrogens with zero attached hydrogens (tertiary/aromatic N) is 1. The summed E-state index contributed by atoms with van der Waals surface area (Å²) in [6.45, 7) is 9.09. The Balaban J connectivity index is 2.08. The number of hydrogen-bond donors (Lipinski definition) is 1. The van der Waals surface area contributed by atoms with Gasteiger partial charge >= 0.3 is 0 Å². The van der Waals surface area contributed by atoms with Crippen LogP contribution in [-0.4, -0.2) is 31.1 Å². The molecule has 19 heavy (non-hydrogen) atoms. The molecule has 0 aliphatic carbocycles. The van der Waals surface area contributed by atoms with Gasteiger partial charge < -0.3 is 10.2 Å². The molecule has 1 heterocycles. The van der Waals surface area contributed by atoms with Crippen molar-refractivity contribution < 1.29 is 0 Å². The highest BCUT2D eigenvalue weighted by molar-refractivity contribution is 9.10. The second kappa shape index (κ2) is 6.27. The van der Waals surface area contributed by atoms with Gasteiger partial charge in [-0.1, -0.05) is 6.07 Å². The molecule has 0 aromatic heterocycles. The Bertz CT molecular complexity index is 421. The summed E-state index contributed by atoms with van der Waals surface area (Å²) >= 11 is 3.69. The molecule has 0 bridgehead atoms. The third-order valence-electron chi connectivity index (χ3n) is 4.17. The van der Waals surface area contributed by atoms with Crippen LogP contribution in [0.4, 0.5) is 5.69 Å². The topological polar surface area (TPSA) is 15.3 Å². The molecule has 3 heteroatoms. The van der Waals surface area contributed by atoms with Crippen molar-refractivity contribution in [1.82, 2.24) is 4.90 Å². The SMILES string of the molecule is Cc1cc(C)c(NC(C)C2CCCN(C)C2)c(Br)c1. The van der Waals surface area contributed by atoms with Gasteiger partial charge in [0.2, 0.25) is 0 Å². The van der Waals surface area contributed by atoms with Gasteiger partial charge in [-0.25, -0.2) is 0 Å². The molecular weight excluding hydrogens is 300 g/mol. The van der Waals surface area contributed by atoms with Crippen molar-refractivity contribution in [3.63, 3.8) is 0 Å². The van der Waals surface area contributed by atoms with Crippen LogP contribution in [0.3, 0.4) is 0 Å². The number of nitrogens with one attached hydrogen (secondary N) is 1. The molecule has 2 atom stereocenters. The van der Waals surface area contributed by atoms with Crippen LogP contribution in [0.15, 0.2) is 16.6 Å². The molecule has 106 valence electrons. The van der Waals surface area contributed by atoms with E-state index in [0.29, 0.717) is 6.04 Å². The molecule has 2 rings (SSSR count). The van der Waals surface area contributed by atoms with Crippen molar-refractivity contribution >= 4 is 21.6 Å². The van der Waals surface area contributed by atoms with Crippen LogP contribution in [0.25, 0.3) is 0 Å². The maximum absolute atomic E-state index is 3.72. The normalized spacial score (nSPS) is 22.3. The molecule has 1 N–H and O–H groups in total. The molecular formula is C16H25BrN2. The van der Waals surface area contributed by atoms with Crippen LogP contribution in [0.5, 0.6) is 0 Å². The van der Waals surface area contributed by atoms with E-state index in [9.17, 15) is 0 Å². The maximum Gasteiger partial charge on any atom is 0.0516 e. The smallest absolute Gasteiger partial charge is 0.0516 e. The first-order chi connectivity index (χ1) is 8.97. The van der Waals surface area contributed by atoms with Crippen LogP contribution in [0.1, 0.15) is 30.9 Å². The van der Waals surface area contributed by atoms with E-state index in [1.807, 2.05) is 0 Å². The second-order valence-electron chi connectivity index (χ2n) is 6.04. The number of likely N-dealkylation sites (tertiary alicyclic amines) is 1. The van der Waals surface area contributed by atoms with Crippen molar-refractivity contribution in [2.45, 2.75) is 39.7 Å². The number of aryl methyl sites for hydroxylation is 2. The molecule has 2 unspecified atom stereocenters. The highest BCUT2D eigenvalue weighted by atomic mass is 79.9.